The number of hydrogen-bond donors (Lipinski definition) is 1. The Bertz CT molecular complexity index is 1670. The number of fused-ring (bicyclic) bond motifs is 1. The highest BCUT2D eigenvalue weighted by Gasteiger charge is 2.25. The van der Waals surface area contributed by atoms with Crippen LogP contribution in [0.2, 0.25) is 0 Å². The summed E-state index contributed by atoms with van der Waals surface area (Å²) in [6.07, 6.45) is 0. The van der Waals surface area contributed by atoms with Gasteiger partial charge >= 0.3 is 11.1 Å². The van der Waals surface area contributed by atoms with E-state index < -0.39 is 32.7 Å². The van der Waals surface area contributed by atoms with E-state index >= 15 is 0 Å². The van der Waals surface area contributed by atoms with Crippen LogP contribution in [0, 0.1) is 12.7 Å². The number of sulfone groups is 1. The first kappa shape index (κ1) is 23.1. The van der Waals surface area contributed by atoms with Crippen molar-refractivity contribution in [3.05, 3.63) is 98.3 Å². The van der Waals surface area contributed by atoms with Crippen LogP contribution >= 0.6 is 0 Å². The minimum atomic E-state index is -4.25. The maximum absolute atomic E-state index is 13.5. The number of carbonyl (C=O) groups is 1. The summed E-state index contributed by atoms with van der Waals surface area (Å²) < 4.78 is 42.5. The van der Waals surface area contributed by atoms with Gasteiger partial charge in [0.2, 0.25) is 9.84 Å². The fourth-order valence-corrected chi connectivity index (χ4v) is 4.98. The molecular weight excluding hydrogens is 461 g/mol. The molecule has 0 aliphatic rings. The van der Waals surface area contributed by atoms with Crippen molar-refractivity contribution in [2.45, 2.75) is 16.7 Å². The van der Waals surface area contributed by atoms with Gasteiger partial charge in [-0.25, -0.2) is 12.8 Å². The average molecular weight is 482 g/mol. The normalized spacial score (nSPS) is 11.5. The lowest BCUT2D eigenvalue weighted by Gasteiger charge is -2.16. The van der Waals surface area contributed by atoms with Gasteiger partial charge in [-0.05, 0) is 55.5 Å². The number of nitrogens with one attached hydrogen (secondary N) is 1. The maximum Gasteiger partial charge on any atom is 0.316 e. The van der Waals surface area contributed by atoms with Gasteiger partial charge in [-0.2, -0.15) is 0 Å². The number of nitrogens with zero attached hydrogens (tertiary/aromatic N) is 2. The Hall–Kier alpha value is -4.05. The Morgan fingerprint density at radius 2 is 1.38 bits per heavy atom. The number of benzene rings is 3. The van der Waals surface area contributed by atoms with E-state index in [1.54, 1.807) is 24.3 Å². The van der Waals surface area contributed by atoms with Gasteiger partial charge in [0.15, 0.2) is 0 Å². The molecule has 0 bridgehead atoms. The average Bonchev–Trinajstić information content (AvgIpc) is 2.81. The van der Waals surface area contributed by atoms with Crippen LogP contribution in [0.4, 0.5) is 10.1 Å². The van der Waals surface area contributed by atoms with Crippen molar-refractivity contribution in [3.8, 4) is 0 Å². The lowest BCUT2D eigenvalue weighted by atomic mass is 10.1. The zero-order chi connectivity index (χ0) is 24.8. The summed E-state index contributed by atoms with van der Waals surface area (Å²) in [5.41, 5.74) is -0.0824. The van der Waals surface area contributed by atoms with Crippen molar-refractivity contribution in [1.82, 2.24) is 9.13 Å². The van der Waals surface area contributed by atoms with Crippen LogP contribution in [0.15, 0.2) is 80.0 Å². The van der Waals surface area contributed by atoms with Gasteiger partial charge in [0, 0.05) is 19.7 Å². The van der Waals surface area contributed by atoms with Gasteiger partial charge in [0.25, 0.3) is 5.91 Å². The summed E-state index contributed by atoms with van der Waals surface area (Å²) in [5.74, 6) is -1.17. The molecule has 10 heteroatoms. The molecule has 4 rings (SSSR count). The Balaban J connectivity index is 1.99. The minimum Gasteiger partial charge on any atom is -0.321 e. The number of hydrogen-bond acceptors (Lipinski definition) is 5. The van der Waals surface area contributed by atoms with Gasteiger partial charge in [-0.1, -0.05) is 17.7 Å². The summed E-state index contributed by atoms with van der Waals surface area (Å²) >= 11 is 0. The van der Waals surface area contributed by atoms with E-state index in [-0.39, 0.29) is 26.5 Å². The highest BCUT2D eigenvalue weighted by molar-refractivity contribution is 7.91. The van der Waals surface area contributed by atoms with Crippen molar-refractivity contribution in [1.29, 1.82) is 0 Å². The standard InChI is InChI=1S/C24H20FN3O5S/c1-14-4-6-15(7-5-14)22(29)26-18-12-19-20(28(3)24(31)23(30)27(19)2)13-21(18)34(32,33)17-10-8-16(25)9-11-17/h4-13H,1-3H3,(H,26,29). The van der Waals surface area contributed by atoms with Crippen molar-refractivity contribution in [2.75, 3.05) is 5.32 Å². The smallest absolute Gasteiger partial charge is 0.316 e. The molecule has 3 aromatic carbocycles. The van der Waals surface area contributed by atoms with E-state index in [0.29, 0.717) is 5.56 Å². The second kappa shape index (κ2) is 8.38. The van der Waals surface area contributed by atoms with E-state index in [1.165, 1.54) is 26.2 Å². The van der Waals surface area contributed by atoms with Crippen LogP contribution in [0.1, 0.15) is 15.9 Å². The lowest BCUT2D eigenvalue weighted by molar-refractivity contribution is 0.102. The van der Waals surface area contributed by atoms with E-state index in [0.717, 1.165) is 39.0 Å². The third-order valence-corrected chi connectivity index (χ3v) is 7.38. The monoisotopic (exact) mass is 481 g/mol. The molecule has 1 amide bonds. The van der Waals surface area contributed by atoms with Gasteiger partial charge in [0.1, 0.15) is 5.82 Å². The molecule has 0 spiro atoms. The van der Waals surface area contributed by atoms with Crippen molar-refractivity contribution in [3.63, 3.8) is 0 Å². The molecule has 0 saturated heterocycles. The SMILES string of the molecule is Cc1ccc(C(=O)Nc2cc3c(cc2S(=O)(=O)c2ccc(F)cc2)n(C)c(=O)c(=O)n3C)cc1. The molecule has 0 saturated carbocycles. The molecule has 34 heavy (non-hydrogen) atoms. The molecule has 0 unspecified atom stereocenters. The van der Waals surface area contributed by atoms with Crippen molar-refractivity contribution < 1.29 is 17.6 Å². The Labute approximate surface area is 193 Å². The molecule has 4 aromatic rings. The summed E-state index contributed by atoms with van der Waals surface area (Å²) in [6.45, 7) is 1.86. The molecular formula is C24H20FN3O5S. The van der Waals surface area contributed by atoms with Gasteiger partial charge in [-0.3, -0.25) is 14.4 Å². The first-order chi connectivity index (χ1) is 16.0. The fourth-order valence-electron chi connectivity index (χ4n) is 3.56. The summed E-state index contributed by atoms with van der Waals surface area (Å²) in [7, 11) is -1.52. The molecule has 1 heterocycles. The second-order valence-corrected chi connectivity index (χ2v) is 9.76. The molecule has 0 aliphatic heterocycles. The van der Waals surface area contributed by atoms with Crippen LogP contribution in [0.25, 0.3) is 11.0 Å². The number of carbonyl (C=O) groups excluding carboxylic acids is 1. The Morgan fingerprint density at radius 3 is 1.94 bits per heavy atom. The summed E-state index contributed by atoms with van der Waals surface area (Å²) in [5, 5.41) is 2.61. The number of rotatable bonds is 4. The Kier molecular flexibility index (Phi) is 5.70. The van der Waals surface area contributed by atoms with Crippen LogP contribution in [-0.4, -0.2) is 23.5 Å². The number of anilines is 1. The van der Waals surface area contributed by atoms with Crippen LogP contribution in [-0.2, 0) is 23.9 Å². The van der Waals surface area contributed by atoms with E-state index in [4.69, 9.17) is 0 Å². The highest BCUT2D eigenvalue weighted by Crippen LogP contribution is 2.32. The van der Waals surface area contributed by atoms with E-state index in [9.17, 15) is 27.2 Å². The molecule has 0 fully saturated rings. The predicted molar refractivity (Wildman–Crippen MR) is 125 cm³/mol. The zero-order valence-corrected chi connectivity index (χ0v) is 19.3. The van der Waals surface area contributed by atoms with E-state index in [2.05, 4.69) is 5.32 Å². The summed E-state index contributed by atoms with van der Waals surface area (Å²) in [4.78, 5) is 37.0. The Morgan fingerprint density at radius 1 is 0.853 bits per heavy atom. The predicted octanol–water partition coefficient (Wildman–Crippen LogP) is 2.77. The van der Waals surface area contributed by atoms with Gasteiger partial charge in [0.05, 0.1) is 26.5 Å². The van der Waals surface area contributed by atoms with Gasteiger partial charge in [-0.15, -0.1) is 0 Å². The number of amides is 1. The highest BCUT2D eigenvalue weighted by atomic mass is 32.2. The molecule has 8 nitrogen and oxygen atoms in total. The largest absolute Gasteiger partial charge is 0.321 e. The van der Waals surface area contributed by atoms with Crippen molar-refractivity contribution >= 4 is 32.5 Å². The van der Waals surface area contributed by atoms with E-state index in [1.807, 2.05) is 6.92 Å². The zero-order valence-electron chi connectivity index (χ0n) is 18.5. The molecule has 0 radical (unpaired) electrons. The first-order valence-electron chi connectivity index (χ1n) is 10.1. The summed E-state index contributed by atoms with van der Waals surface area (Å²) in [6, 6.07) is 13.5. The lowest BCUT2D eigenvalue weighted by Crippen LogP contribution is -2.39. The minimum absolute atomic E-state index is 0.0870. The number of halogens is 1. The third kappa shape index (κ3) is 3.92. The van der Waals surface area contributed by atoms with Crippen molar-refractivity contribution in [2.24, 2.45) is 14.1 Å². The molecule has 1 aromatic heterocycles. The van der Waals surface area contributed by atoms with Gasteiger partial charge < -0.3 is 14.5 Å². The molecule has 0 aliphatic carbocycles. The van der Waals surface area contributed by atoms with Crippen LogP contribution in [0.3, 0.4) is 0 Å². The molecule has 1 N–H and O–H groups in total. The molecule has 174 valence electrons. The van der Waals surface area contributed by atoms with Crippen LogP contribution < -0.4 is 16.4 Å². The van der Waals surface area contributed by atoms with Crippen LogP contribution in [0.5, 0.6) is 0 Å². The first-order valence-corrected chi connectivity index (χ1v) is 11.6. The fraction of sp³-hybridized carbons (Fsp3) is 0.125. The third-order valence-electron chi connectivity index (χ3n) is 5.57. The second-order valence-electron chi connectivity index (χ2n) is 7.84. The maximum atomic E-state index is 13.5. The quantitative estimate of drug-likeness (QED) is 0.356. The number of aromatic nitrogens is 2. The topological polar surface area (TPSA) is 107 Å². The molecule has 0 atom stereocenters. The number of aryl methyl sites for hydroxylation is 3.